The van der Waals surface area contributed by atoms with Gasteiger partial charge < -0.3 is 10.3 Å². The lowest BCUT2D eigenvalue weighted by Gasteiger charge is -2.06. The molecule has 28 heavy (non-hydrogen) atoms. The van der Waals surface area contributed by atoms with Crippen LogP contribution in [0.3, 0.4) is 0 Å². The van der Waals surface area contributed by atoms with E-state index in [0.717, 1.165) is 0 Å². The van der Waals surface area contributed by atoms with Crippen molar-refractivity contribution in [1.29, 1.82) is 0 Å². The third-order valence-corrected chi connectivity index (χ3v) is 3.93. The van der Waals surface area contributed by atoms with Gasteiger partial charge >= 0.3 is 0 Å². The van der Waals surface area contributed by atoms with E-state index >= 15 is 0 Å². The summed E-state index contributed by atoms with van der Waals surface area (Å²) in [5.41, 5.74) is 10.3. The normalized spacial score (nSPS) is 11.3. The highest BCUT2D eigenvalue weighted by atomic mass is 19.1. The maximum Gasteiger partial charge on any atom is 0.260 e. The quantitative estimate of drug-likeness (QED) is 0.403. The first-order valence-electron chi connectivity index (χ1n) is 8.23. The SMILES string of the molecule is Nc1nonc1-c1nc2ccccc2n1CC(=O)N/N=C\c1cccc(F)c1. The molecule has 0 aliphatic heterocycles. The van der Waals surface area contributed by atoms with Crippen molar-refractivity contribution in [2.24, 2.45) is 5.10 Å². The van der Waals surface area contributed by atoms with Gasteiger partial charge in [0.15, 0.2) is 17.3 Å². The van der Waals surface area contributed by atoms with E-state index in [9.17, 15) is 9.18 Å². The predicted molar refractivity (Wildman–Crippen MR) is 99.6 cm³/mol. The molecule has 4 aromatic rings. The van der Waals surface area contributed by atoms with Crippen LogP contribution in [0.4, 0.5) is 10.2 Å². The van der Waals surface area contributed by atoms with E-state index in [1.807, 2.05) is 18.2 Å². The van der Waals surface area contributed by atoms with E-state index in [0.29, 0.717) is 22.4 Å². The number of rotatable bonds is 5. The number of nitrogens with two attached hydrogens (primary N) is 1. The number of nitrogens with one attached hydrogen (secondary N) is 1. The molecule has 0 fully saturated rings. The number of anilines is 1. The molecule has 140 valence electrons. The summed E-state index contributed by atoms with van der Waals surface area (Å²) in [4.78, 5) is 16.8. The molecule has 0 bridgehead atoms. The maximum absolute atomic E-state index is 13.2. The summed E-state index contributed by atoms with van der Waals surface area (Å²) >= 11 is 0. The molecule has 0 atom stereocenters. The van der Waals surface area contributed by atoms with Crippen molar-refractivity contribution in [2.45, 2.75) is 6.54 Å². The van der Waals surface area contributed by atoms with Crippen molar-refractivity contribution in [2.75, 3.05) is 5.73 Å². The zero-order chi connectivity index (χ0) is 19.5. The van der Waals surface area contributed by atoms with Gasteiger partial charge in [0.1, 0.15) is 12.4 Å². The van der Waals surface area contributed by atoms with Crippen molar-refractivity contribution in [3.05, 3.63) is 59.9 Å². The summed E-state index contributed by atoms with van der Waals surface area (Å²) in [5.74, 6) is -0.374. The highest BCUT2D eigenvalue weighted by Crippen LogP contribution is 2.26. The Morgan fingerprint density at radius 2 is 2.11 bits per heavy atom. The number of imidazole rings is 1. The molecule has 0 saturated carbocycles. The van der Waals surface area contributed by atoms with E-state index in [-0.39, 0.29) is 23.9 Å². The minimum atomic E-state index is -0.410. The Balaban J connectivity index is 1.58. The molecular weight excluding hydrogens is 365 g/mol. The molecule has 0 radical (unpaired) electrons. The van der Waals surface area contributed by atoms with Crippen LogP contribution >= 0.6 is 0 Å². The standard InChI is InChI=1S/C18H14FN7O2/c19-12-5-3-4-11(8-12)9-21-23-15(27)10-26-14-7-2-1-6-13(14)22-18(26)16-17(20)25-28-24-16/h1-9H,10H2,(H2,20,25)(H,23,27)/b21-9-. The molecule has 2 aromatic heterocycles. The number of hydrogen-bond acceptors (Lipinski definition) is 7. The largest absolute Gasteiger partial charge is 0.379 e. The second kappa shape index (κ2) is 7.27. The fourth-order valence-electron chi connectivity index (χ4n) is 2.71. The topological polar surface area (TPSA) is 124 Å². The number of hydrazone groups is 1. The van der Waals surface area contributed by atoms with Gasteiger partial charge in [0.2, 0.25) is 0 Å². The molecule has 10 heteroatoms. The molecule has 0 spiro atoms. The van der Waals surface area contributed by atoms with Crippen LogP contribution in [0.1, 0.15) is 5.56 Å². The number of para-hydroxylation sites is 2. The van der Waals surface area contributed by atoms with E-state index in [1.165, 1.54) is 18.3 Å². The number of halogens is 1. The Hall–Kier alpha value is -4.08. The van der Waals surface area contributed by atoms with Crippen molar-refractivity contribution in [3.8, 4) is 11.5 Å². The number of fused-ring (bicyclic) bond motifs is 1. The molecule has 2 heterocycles. The molecule has 0 aliphatic carbocycles. The number of nitrogens with zero attached hydrogens (tertiary/aromatic N) is 5. The van der Waals surface area contributed by atoms with E-state index in [1.54, 1.807) is 22.8 Å². The summed E-state index contributed by atoms with van der Waals surface area (Å²) in [6.07, 6.45) is 1.35. The lowest BCUT2D eigenvalue weighted by atomic mass is 10.2. The van der Waals surface area contributed by atoms with Crippen LogP contribution in [-0.4, -0.2) is 32.0 Å². The first kappa shape index (κ1) is 17.3. The minimum Gasteiger partial charge on any atom is -0.379 e. The van der Waals surface area contributed by atoms with Crippen molar-refractivity contribution < 1.29 is 13.8 Å². The van der Waals surface area contributed by atoms with Crippen LogP contribution in [0, 0.1) is 5.82 Å². The Morgan fingerprint density at radius 1 is 1.25 bits per heavy atom. The van der Waals surface area contributed by atoms with Gasteiger partial charge in [0.25, 0.3) is 5.91 Å². The molecule has 4 rings (SSSR count). The van der Waals surface area contributed by atoms with E-state index in [4.69, 9.17) is 5.73 Å². The fraction of sp³-hybridized carbons (Fsp3) is 0.0556. The highest BCUT2D eigenvalue weighted by molar-refractivity contribution is 5.86. The smallest absolute Gasteiger partial charge is 0.260 e. The number of amides is 1. The lowest BCUT2D eigenvalue weighted by Crippen LogP contribution is -2.23. The Labute approximate surface area is 157 Å². The molecule has 0 unspecified atom stereocenters. The van der Waals surface area contributed by atoms with Gasteiger partial charge in [-0.2, -0.15) is 5.10 Å². The lowest BCUT2D eigenvalue weighted by molar-refractivity contribution is -0.121. The third kappa shape index (κ3) is 3.43. The summed E-state index contributed by atoms with van der Waals surface area (Å²) in [7, 11) is 0. The minimum absolute atomic E-state index is 0.0705. The van der Waals surface area contributed by atoms with Gasteiger partial charge in [0, 0.05) is 0 Å². The average Bonchev–Trinajstić information content (AvgIpc) is 3.25. The number of carbonyl (C=O) groups excluding carboxylic acids is 1. The summed E-state index contributed by atoms with van der Waals surface area (Å²) in [6.45, 7) is -0.0946. The predicted octanol–water partition coefficient (Wildman–Crippen LogP) is 1.96. The zero-order valence-electron chi connectivity index (χ0n) is 14.4. The Morgan fingerprint density at radius 3 is 2.89 bits per heavy atom. The van der Waals surface area contributed by atoms with E-state index < -0.39 is 5.91 Å². The van der Waals surface area contributed by atoms with Crippen LogP contribution in [0.25, 0.3) is 22.6 Å². The van der Waals surface area contributed by atoms with Crippen molar-refractivity contribution >= 4 is 29.0 Å². The van der Waals surface area contributed by atoms with Crippen LogP contribution in [0.2, 0.25) is 0 Å². The molecule has 0 saturated heterocycles. The van der Waals surface area contributed by atoms with Crippen molar-refractivity contribution in [1.82, 2.24) is 25.3 Å². The number of nitrogen functional groups attached to an aromatic ring is 1. The highest BCUT2D eigenvalue weighted by Gasteiger charge is 2.20. The van der Waals surface area contributed by atoms with Crippen LogP contribution < -0.4 is 11.2 Å². The van der Waals surface area contributed by atoms with Crippen LogP contribution in [0.15, 0.2) is 58.3 Å². The maximum atomic E-state index is 13.2. The van der Waals surface area contributed by atoms with Gasteiger partial charge in [-0.25, -0.2) is 19.4 Å². The molecule has 1 amide bonds. The molecular formula is C18H14FN7O2. The van der Waals surface area contributed by atoms with Gasteiger partial charge in [-0.3, -0.25) is 4.79 Å². The van der Waals surface area contributed by atoms with Gasteiger partial charge in [-0.05, 0) is 40.1 Å². The number of benzene rings is 2. The van der Waals surface area contributed by atoms with E-state index in [2.05, 4.69) is 30.5 Å². The van der Waals surface area contributed by atoms with Gasteiger partial charge in [-0.15, -0.1) is 0 Å². The number of aromatic nitrogens is 4. The molecule has 9 nitrogen and oxygen atoms in total. The second-order valence-corrected chi connectivity index (χ2v) is 5.86. The zero-order valence-corrected chi connectivity index (χ0v) is 14.4. The summed E-state index contributed by atoms with van der Waals surface area (Å²) in [6, 6.07) is 13.1. The first-order chi connectivity index (χ1) is 13.6. The first-order valence-corrected chi connectivity index (χ1v) is 8.23. The number of carbonyl (C=O) groups is 1. The van der Waals surface area contributed by atoms with Gasteiger partial charge in [-0.1, -0.05) is 24.3 Å². The molecule has 2 aromatic carbocycles. The average molecular weight is 379 g/mol. The molecule has 3 N–H and O–H groups in total. The Bertz CT molecular complexity index is 1180. The third-order valence-electron chi connectivity index (χ3n) is 3.93. The second-order valence-electron chi connectivity index (χ2n) is 5.86. The molecule has 0 aliphatic rings. The summed E-state index contributed by atoms with van der Waals surface area (Å²) in [5, 5.41) is 11.2. The monoisotopic (exact) mass is 379 g/mol. The van der Waals surface area contributed by atoms with Crippen LogP contribution in [-0.2, 0) is 11.3 Å². The van der Waals surface area contributed by atoms with Crippen molar-refractivity contribution in [3.63, 3.8) is 0 Å². The summed E-state index contributed by atoms with van der Waals surface area (Å²) < 4.78 is 19.5. The van der Waals surface area contributed by atoms with Gasteiger partial charge in [0.05, 0.1) is 17.2 Å². The Kier molecular flexibility index (Phi) is 4.50. The van der Waals surface area contributed by atoms with Crippen LogP contribution in [0.5, 0.6) is 0 Å². The number of hydrogen-bond donors (Lipinski definition) is 2. The fourth-order valence-corrected chi connectivity index (χ4v) is 2.71.